The molecule has 2 rings (SSSR count). The van der Waals surface area contributed by atoms with Crippen LogP contribution in [0.4, 0.5) is 0 Å². The van der Waals surface area contributed by atoms with Crippen LogP contribution in [0, 0.1) is 16.7 Å². The molecule has 216 valence electrons. The second kappa shape index (κ2) is 13.3. The molecule has 2 aliphatic rings. The fraction of sp³-hybridized carbons (Fsp3) is 0.938. The molecule has 1 saturated carbocycles. The Morgan fingerprint density at radius 2 is 1.08 bits per heavy atom. The number of carbonyl (C=O) groups is 2. The van der Waals surface area contributed by atoms with Crippen molar-refractivity contribution >= 4 is 11.9 Å². The van der Waals surface area contributed by atoms with E-state index in [-0.39, 0.29) is 46.1 Å². The van der Waals surface area contributed by atoms with E-state index in [2.05, 4.69) is 67.6 Å². The van der Waals surface area contributed by atoms with Gasteiger partial charge < -0.3 is 14.8 Å². The number of ether oxygens (including phenoxy) is 2. The van der Waals surface area contributed by atoms with Crippen LogP contribution in [0.15, 0.2) is 0 Å². The minimum absolute atomic E-state index is 0.00158. The molecular weight excluding hydrogens is 462 g/mol. The molecule has 0 amide bonds. The van der Waals surface area contributed by atoms with Gasteiger partial charge in [0.15, 0.2) is 0 Å². The van der Waals surface area contributed by atoms with Gasteiger partial charge in [-0.3, -0.25) is 9.59 Å². The molecule has 1 aliphatic heterocycles. The second-order valence-electron chi connectivity index (χ2n) is 15.0. The van der Waals surface area contributed by atoms with Crippen molar-refractivity contribution in [2.75, 3.05) is 0 Å². The van der Waals surface area contributed by atoms with E-state index in [1.165, 1.54) is 12.8 Å². The van der Waals surface area contributed by atoms with E-state index in [1.54, 1.807) is 0 Å². The quantitative estimate of drug-likeness (QED) is 0.159. The van der Waals surface area contributed by atoms with E-state index in [1.807, 2.05) is 0 Å². The summed E-state index contributed by atoms with van der Waals surface area (Å²) in [7, 11) is 0. The molecule has 1 aliphatic carbocycles. The maximum Gasteiger partial charge on any atom is 0.306 e. The lowest BCUT2D eigenvalue weighted by Gasteiger charge is -2.45. The van der Waals surface area contributed by atoms with E-state index in [9.17, 15) is 9.59 Å². The second-order valence-corrected chi connectivity index (χ2v) is 15.0. The fourth-order valence-corrected chi connectivity index (χ4v) is 7.30. The molecule has 37 heavy (non-hydrogen) atoms. The summed E-state index contributed by atoms with van der Waals surface area (Å²) in [6, 6.07) is 0. The largest absolute Gasteiger partial charge is 0.462 e. The molecule has 5 heteroatoms. The molecule has 1 N–H and O–H groups in total. The Labute approximate surface area is 228 Å². The number of carbonyl (C=O) groups excluding carboxylic acids is 2. The topological polar surface area (TPSA) is 64.6 Å². The van der Waals surface area contributed by atoms with E-state index in [0.29, 0.717) is 18.8 Å². The van der Waals surface area contributed by atoms with Crippen LogP contribution in [0.2, 0.25) is 0 Å². The van der Waals surface area contributed by atoms with Crippen molar-refractivity contribution in [3.05, 3.63) is 0 Å². The van der Waals surface area contributed by atoms with Crippen molar-refractivity contribution in [1.29, 1.82) is 0 Å². The zero-order valence-corrected chi connectivity index (χ0v) is 25.8. The van der Waals surface area contributed by atoms with Gasteiger partial charge in [0.2, 0.25) is 0 Å². The van der Waals surface area contributed by atoms with Crippen LogP contribution >= 0.6 is 0 Å². The van der Waals surface area contributed by atoms with Crippen molar-refractivity contribution in [3.8, 4) is 0 Å². The van der Waals surface area contributed by atoms with Gasteiger partial charge in [0.25, 0.3) is 0 Å². The van der Waals surface area contributed by atoms with Crippen molar-refractivity contribution in [2.45, 2.75) is 175 Å². The Bertz CT molecular complexity index is 723. The van der Waals surface area contributed by atoms with Crippen LogP contribution in [-0.2, 0) is 19.1 Å². The molecule has 0 aromatic heterocycles. The first-order valence-corrected chi connectivity index (χ1v) is 15.2. The van der Waals surface area contributed by atoms with Gasteiger partial charge in [-0.05, 0) is 76.5 Å². The number of hydrogen-bond acceptors (Lipinski definition) is 5. The molecule has 0 bridgehead atoms. The highest BCUT2D eigenvalue weighted by molar-refractivity contribution is 5.69. The summed E-state index contributed by atoms with van der Waals surface area (Å²) < 4.78 is 11.8. The van der Waals surface area contributed by atoms with Crippen LogP contribution in [0.25, 0.3) is 0 Å². The third-order valence-corrected chi connectivity index (χ3v) is 8.69. The monoisotopic (exact) mass is 521 g/mol. The van der Waals surface area contributed by atoms with Crippen molar-refractivity contribution < 1.29 is 19.1 Å². The highest BCUT2D eigenvalue weighted by Crippen LogP contribution is 2.48. The minimum atomic E-state index is -0.0589. The highest BCUT2D eigenvalue weighted by Gasteiger charge is 2.42. The molecule has 2 fully saturated rings. The Kier molecular flexibility index (Phi) is 11.5. The Balaban J connectivity index is 1.57. The predicted molar refractivity (Wildman–Crippen MR) is 152 cm³/mol. The minimum Gasteiger partial charge on any atom is -0.462 e. The normalized spacial score (nSPS) is 26.7. The maximum atomic E-state index is 12.6. The summed E-state index contributed by atoms with van der Waals surface area (Å²) in [6.07, 6.45) is 13.1. The lowest BCUT2D eigenvalue weighted by Crippen LogP contribution is -2.59. The summed E-state index contributed by atoms with van der Waals surface area (Å²) in [5.41, 5.74) is 0.396. The lowest BCUT2D eigenvalue weighted by atomic mass is 9.71. The predicted octanol–water partition coefficient (Wildman–Crippen LogP) is 8.13. The van der Waals surface area contributed by atoms with Gasteiger partial charge in [-0.2, -0.15) is 0 Å². The molecule has 2 unspecified atom stereocenters. The molecule has 0 aromatic rings. The molecule has 1 saturated heterocycles. The number of piperidine rings is 1. The molecular formula is C32H59NO4. The zero-order chi connectivity index (χ0) is 27.9. The van der Waals surface area contributed by atoms with Gasteiger partial charge in [0, 0.05) is 36.8 Å². The van der Waals surface area contributed by atoms with E-state index >= 15 is 0 Å². The molecule has 0 spiro atoms. The van der Waals surface area contributed by atoms with E-state index in [0.717, 1.165) is 64.2 Å². The number of esters is 2. The van der Waals surface area contributed by atoms with Gasteiger partial charge in [0.1, 0.15) is 12.2 Å². The average molecular weight is 522 g/mol. The smallest absolute Gasteiger partial charge is 0.306 e. The van der Waals surface area contributed by atoms with Gasteiger partial charge in [-0.1, -0.05) is 66.7 Å². The molecule has 0 aromatic carbocycles. The van der Waals surface area contributed by atoms with Crippen molar-refractivity contribution in [3.63, 3.8) is 0 Å². The maximum absolute atomic E-state index is 12.6. The number of unbranched alkanes of at least 4 members (excludes halogenated alkanes) is 5. The zero-order valence-electron chi connectivity index (χ0n) is 25.8. The molecule has 0 radical (unpaired) electrons. The van der Waals surface area contributed by atoms with Crippen LogP contribution in [0.3, 0.4) is 0 Å². The Morgan fingerprint density at radius 3 is 1.54 bits per heavy atom. The SMILES string of the molecule is CCC1CC(C)(C)CC(OC(=O)CCCCCCCCC(=O)OC2CC(C)(C)NC(C)(C)C2)CC1(C)C. The van der Waals surface area contributed by atoms with E-state index in [4.69, 9.17) is 9.47 Å². The number of hydrogen-bond donors (Lipinski definition) is 1. The van der Waals surface area contributed by atoms with Crippen LogP contribution < -0.4 is 5.32 Å². The molecule has 2 atom stereocenters. The average Bonchev–Trinajstić information content (AvgIpc) is 2.79. The third-order valence-electron chi connectivity index (χ3n) is 8.69. The number of nitrogens with one attached hydrogen (secondary N) is 1. The van der Waals surface area contributed by atoms with Gasteiger partial charge in [0.05, 0.1) is 0 Å². The summed E-state index contributed by atoms with van der Waals surface area (Å²) in [5.74, 6) is 0.590. The first-order chi connectivity index (χ1) is 17.0. The molecule has 5 nitrogen and oxygen atoms in total. The van der Waals surface area contributed by atoms with Crippen molar-refractivity contribution in [2.24, 2.45) is 16.7 Å². The first kappa shape index (κ1) is 32.1. The van der Waals surface area contributed by atoms with E-state index < -0.39 is 0 Å². The van der Waals surface area contributed by atoms with Gasteiger partial charge in [-0.15, -0.1) is 0 Å². The standard InChI is InChI=1S/C32H59NO4/c1-10-24-19-29(2,3)20-25(21-30(24,4)5)36-27(34)17-15-13-11-12-14-16-18-28(35)37-26-22-31(6,7)33-32(8,9)23-26/h24-26,33H,10-23H2,1-9H3. The molecule has 1 heterocycles. The fourth-order valence-electron chi connectivity index (χ4n) is 7.30. The Morgan fingerprint density at radius 1 is 0.649 bits per heavy atom. The lowest BCUT2D eigenvalue weighted by molar-refractivity contribution is -0.153. The van der Waals surface area contributed by atoms with Crippen LogP contribution in [0.5, 0.6) is 0 Å². The summed E-state index contributed by atoms with van der Waals surface area (Å²) in [4.78, 5) is 24.9. The summed E-state index contributed by atoms with van der Waals surface area (Å²) in [5, 5.41) is 3.63. The first-order valence-electron chi connectivity index (χ1n) is 15.2. The van der Waals surface area contributed by atoms with Gasteiger partial charge in [-0.25, -0.2) is 0 Å². The van der Waals surface area contributed by atoms with Crippen LogP contribution in [-0.4, -0.2) is 35.2 Å². The number of rotatable bonds is 12. The van der Waals surface area contributed by atoms with Crippen molar-refractivity contribution in [1.82, 2.24) is 5.32 Å². The van der Waals surface area contributed by atoms with Gasteiger partial charge >= 0.3 is 11.9 Å². The van der Waals surface area contributed by atoms with Crippen LogP contribution in [0.1, 0.15) is 152 Å². The Hall–Kier alpha value is -1.10. The highest BCUT2D eigenvalue weighted by atomic mass is 16.5. The summed E-state index contributed by atoms with van der Waals surface area (Å²) >= 11 is 0. The summed E-state index contributed by atoms with van der Waals surface area (Å²) in [6.45, 7) is 20.3. The third kappa shape index (κ3) is 11.7.